The summed E-state index contributed by atoms with van der Waals surface area (Å²) >= 11 is 0. The fraction of sp³-hybridized carbons (Fsp3) is 0.438. The van der Waals surface area contributed by atoms with E-state index >= 15 is 0 Å². The van der Waals surface area contributed by atoms with Gasteiger partial charge in [0.15, 0.2) is 5.76 Å². The van der Waals surface area contributed by atoms with Gasteiger partial charge in [-0.15, -0.1) is 0 Å². The second-order valence-electron chi connectivity index (χ2n) is 10.5. The number of amides is 2. The molecule has 0 aliphatic carbocycles. The van der Waals surface area contributed by atoms with Crippen molar-refractivity contribution in [2.24, 2.45) is 0 Å². The van der Waals surface area contributed by atoms with Crippen molar-refractivity contribution in [2.45, 2.75) is 39.3 Å². The molecular formula is C32H39N3O5. The summed E-state index contributed by atoms with van der Waals surface area (Å²) in [6.07, 6.45) is 1.28. The first-order valence-corrected chi connectivity index (χ1v) is 14.2. The Labute approximate surface area is 236 Å². The molecule has 1 fully saturated rings. The van der Waals surface area contributed by atoms with Gasteiger partial charge in [0, 0.05) is 52.8 Å². The number of nitrogens with zero attached hydrogens (tertiary/aromatic N) is 3. The normalized spacial score (nSPS) is 17.5. The number of methoxy groups -OCH3 is 1. The number of carbonyl (C=O) groups is 2. The maximum Gasteiger partial charge on any atom is 0.289 e. The van der Waals surface area contributed by atoms with E-state index in [1.54, 1.807) is 19.2 Å². The van der Waals surface area contributed by atoms with E-state index in [4.69, 9.17) is 13.9 Å². The minimum atomic E-state index is -0.151. The first-order chi connectivity index (χ1) is 19.5. The fourth-order valence-corrected chi connectivity index (χ4v) is 5.63. The summed E-state index contributed by atoms with van der Waals surface area (Å²) < 4.78 is 17.2. The standard InChI is InChI=1S/C32H39N3O5/c1-4-30(36)35-13-12-24-8-9-26(21-28(24)31(35)25-7-5-6-23(2)20-25)39-22-27-10-11-29(40-27)32(37)34-16-14-33(15-17-34)18-19-38-3/h5-11,20-21,31H,4,12-19,22H2,1-3H3/t31-/m0/s1. The lowest BCUT2D eigenvalue weighted by Gasteiger charge is -2.38. The van der Waals surface area contributed by atoms with E-state index < -0.39 is 0 Å². The highest BCUT2D eigenvalue weighted by Gasteiger charge is 2.32. The van der Waals surface area contributed by atoms with Crippen LogP contribution in [0.2, 0.25) is 0 Å². The lowest BCUT2D eigenvalue weighted by molar-refractivity contribution is -0.132. The molecule has 0 N–H and O–H groups in total. The maximum absolute atomic E-state index is 13.0. The maximum atomic E-state index is 13.0. The molecule has 2 aliphatic rings. The van der Waals surface area contributed by atoms with Crippen LogP contribution in [0.3, 0.4) is 0 Å². The van der Waals surface area contributed by atoms with Gasteiger partial charge < -0.3 is 23.7 Å². The zero-order chi connectivity index (χ0) is 28.1. The zero-order valence-electron chi connectivity index (χ0n) is 23.7. The number of rotatable bonds is 9. The zero-order valence-corrected chi connectivity index (χ0v) is 23.7. The molecule has 2 aromatic carbocycles. The molecule has 3 aromatic rings. The molecule has 3 heterocycles. The van der Waals surface area contributed by atoms with E-state index in [-0.39, 0.29) is 24.5 Å². The molecule has 0 bridgehead atoms. The quantitative estimate of drug-likeness (QED) is 0.395. The average Bonchev–Trinajstić information content (AvgIpc) is 3.47. The molecular weight excluding hydrogens is 506 g/mol. The molecule has 2 aliphatic heterocycles. The molecule has 0 spiro atoms. The third kappa shape index (κ3) is 6.24. The van der Waals surface area contributed by atoms with Gasteiger partial charge >= 0.3 is 0 Å². The Morgan fingerprint density at radius 3 is 2.58 bits per heavy atom. The molecule has 1 aromatic heterocycles. The van der Waals surface area contributed by atoms with Gasteiger partial charge in [0.05, 0.1) is 12.6 Å². The number of ether oxygens (including phenoxy) is 2. The number of carbonyl (C=O) groups excluding carboxylic acids is 2. The van der Waals surface area contributed by atoms with Crippen LogP contribution in [0.25, 0.3) is 0 Å². The van der Waals surface area contributed by atoms with Gasteiger partial charge in [0.25, 0.3) is 5.91 Å². The summed E-state index contributed by atoms with van der Waals surface area (Å²) in [6, 6.07) is 17.9. The molecule has 0 unspecified atom stereocenters. The summed E-state index contributed by atoms with van der Waals surface area (Å²) in [6.45, 7) is 9.47. The van der Waals surface area contributed by atoms with Crippen LogP contribution in [-0.4, -0.2) is 79.5 Å². The molecule has 1 atom stereocenters. The fourth-order valence-electron chi connectivity index (χ4n) is 5.63. The SMILES string of the molecule is CCC(=O)N1CCc2ccc(OCc3ccc(C(=O)N4CCN(CCOC)CC4)o3)cc2[C@@H]1c1cccc(C)c1. The number of furan rings is 1. The number of hydrogen-bond acceptors (Lipinski definition) is 6. The lowest BCUT2D eigenvalue weighted by atomic mass is 9.87. The first kappa shape index (κ1) is 27.9. The average molecular weight is 546 g/mol. The molecule has 5 rings (SSSR count). The van der Waals surface area contributed by atoms with Crippen molar-refractivity contribution in [2.75, 3.05) is 53.0 Å². The second kappa shape index (κ2) is 12.7. The summed E-state index contributed by atoms with van der Waals surface area (Å²) in [4.78, 5) is 32.0. The van der Waals surface area contributed by atoms with Gasteiger partial charge in [0.2, 0.25) is 5.91 Å². The van der Waals surface area contributed by atoms with Gasteiger partial charge in [-0.1, -0.05) is 42.8 Å². The third-order valence-corrected chi connectivity index (χ3v) is 7.85. The number of benzene rings is 2. The second-order valence-corrected chi connectivity index (χ2v) is 10.5. The highest BCUT2D eigenvalue weighted by atomic mass is 16.5. The Morgan fingerprint density at radius 1 is 1.00 bits per heavy atom. The summed E-state index contributed by atoms with van der Waals surface area (Å²) in [5.41, 5.74) is 4.59. The van der Waals surface area contributed by atoms with Gasteiger partial charge in [-0.05, 0) is 54.3 Å². The molecule has 8 heteroatoms. The minimum Gasteiger partial charge on any atom is -0.486 e. The Morgan fingerprint density at radius 2 is 1.82 bits per heavy atom. The van der Waals surface area contributed by atoms with Crippen LogP contribution in [0.15, 0.2) is 59.0 Å². The highest BCUT2D eigenvalue weighted by Crippen LogP contribution is 2.38. The first-order valence-electron chi connectivity index (χ1n) is 14.2. The van der Waals surface area contributed by atoms with E-state index in [9.17, 15) is 9.59 Å². The number of hydrogen-bond donors (Lipinski definition) is 0. The Kier molecular flexibility index (Phi) is 8.87. The smallest absolute Gasteiger partial charge is 0.289 e. The summed E-state index contributed by atoms with van der Waals surface area (Å²) in [5, 5.41) is 0. The van der Waals surface area contributed by atoms with Crippen molar-refractivity contribution in [3.8, 4) is 5.75 Å². The molecule has 2 amide bonds. The van der Waals surface area contributed by atoms with Crippen molar-refractivity contribution in [1.82, 2.24) is 14.7 Å². The van der Waals surface area contributed by atoms with E-state index in [0.29, 0.717) is 49.9 Å². The van der Waals surface area contributed by atoms with Crippen LogP contribution in [0.4, 0.5) is 0 Å². The Bertz CT molecular complexity index is 1330. The van der Waals surface area contributed by atoms with Crippen molar-refractivity contribution < 1.29 is 23.5 Å². The van der Waals surface area contributed by atoms with E-state index in [0.717, 1.165) is 42.7 Å². The predicted octanol–water partition coefficient (Wildman–Crippen LogP) is 4.46. The summed E-state index contributed by atoms with van der Waals surface area (Å²) in [7, 11) is 1.70. The van der Waals surface area contributed by atoms with Crippen LogP contribution < -0.4 is 4.74 Å². The number of aryl methyl sites for hydroxylation is 1. The molecule has 0 saturated carbocycles. The van der Waals surface area contributed by atoms with Crippen molar-refractivity contribution in [3.63, 3.8) is 0 Å². The van der Waals surface area contributed by atoms with E-state index in [1.807, 2.05) is 28.9 Å². The molecule has 0 radical (unpaired) electrons. The molecule has 212 valence electrons. The van der Waals surface area contributed by atoms with Crippen LogP contribution in [0, 0.1) is 6.92 Å². The van der Waals surface area contributed by atoms with Crippen LogP contribution in [0.1, 0.15) is 58.0 Å². The monoisotopic (exact) mass is 545 g/mol. The largest absolute Gasteiger partial charge is 0.486 e. The summed E-state index contributed by atoms with van der Waals surface area (Å²) in [5.74, 6) is 1.69. The molecule has 8 nitrogen and oxygen atoms in total. The third-order valence-electron chi connectivity index (χ3n) is 7.85. The van der Waals surface area contributed by atoms with Gasteiger partial charge in [0.1, 0.15) is 18.1 Å². The topological polar surface area (TPSA) is 75.5 Å². The van der Waals surface area contributed by atoms with Crippen molar-refractivity contribution in [3.05, 3.63) is 88.4 Å². The highest BCUT2D eigenvalue weighted by molar-refractivity contribution is 5.91. The lowest BCUT2D eigenvalue weighted by Crippen LogP contribution is -2.49. The molecule has 1 saturated heterocycles. The Balaban J connectivity index is 1.27. The number of fused-ring (bicyclic) bond motifs is 1. The van der Waals surface area contributed by atoms with Crippen molar-refractivity contribution in [1.29, 1.82) is 0 Å². The minimum absolute atomic E-state index is 0.0897. The van der Waals surface area contributed by atoms with Crippen LogP contribution in [0.5, 0.6) is 5.75 Å². The van der Waals surface area contributed by atoms with Gasteiger partial charge in [-0.2, -0.15) is 0 Å². The van der Waals surface area contributed by atoms with Crippen LogP contribution >= 0.6 is 0 Å². The van der Waals surface area contributed by atoms with Gasteiger partial charge in [-0.25, -0.2) is 0 Å². The number of piperazine rings is 1. The van der Waals surface area contributed by atoms with E-state index in [1.165, 1.54) is 5.56 Å². The van der Waals surface area contributed by atoms with E-state index in [2.05, 4.69) is 42.2 Å². The molecule has 40 heavy (non-hydrogen) atoms. The van der Waals surface area contributed by atoms with Crippen molar-refractivity contribution >= 4 is 11.8 Å². The van der Waals surface area contributed by atoms with Crippen LogP contribution in [-0.2, 0) is 22.6 Å². The predicted molar refractivity (Wildman–Crippen MR) is 152 cm³/mol. The Hall–Kier alpha value is -3.62. The van der Waals surface area contributed by atoms with Gasteiger partial charge in [-0.3, -0.25) is 14.5 Å².